The summed E-state index contributed by atoms with van der Waals surface area (Å²) in [5, 5.41) is 1.40. The number of benzene rings is 1. The average Bonchev–Trinajstić information content (AvgIpc) is 2.29. The number of halogens is 3. The summed E-state index contributed by atoms with van der Waals surface area (Å²) in [5.41, 5.74) is 0. The zero-order valence-corrected chi connectivity index (χ0v) is 9.97. The molecule has 1 aromatic carbocycles. The van der Waals surface area contributed by atoms with Crippen LogP contribution in [0.15, 0.2) is 48.8 Å². The van der Waals surface area contributed by atoms with Crippen LogP contribution in [0.25, 0.3) is 0 Å². The van der Waals surface area contributed by atoms with Crippen molar-refractivity contribution in [2.45, 2.75) is 0 Å². The molecule has 0 spiro atoms. The van der Waals surface area contributed by atoms with E-state index >= 15 is 0 Å². The van der Waals surface area contributed by atoms with Crippen molar-refractivity contribution in [3.8, 4) is 0 Å². The standard InChI is InChI=1S/C6H3Cl3.C5H5N/c7-4-2-1-3-5(8)6(4)9;1-2-4-6-5-3-1/h1-3H;1-5H. The van der Waals surface area contributed by atoms with Crippen LogP contribution < -0.4 is 0 Å². The minimum atomic E-state index is 0.417. The van der Waals surface area contributed by atoms with Crippen molar-refractivity contribution >= 4 is 34.8 Å². The molecule has 0 bridgehead atoms. The Morgan fingerprint density at radius 2 is 1.27 bits per heavy atom. The SMILES string of the molecule is Clc1cccc(Cl)c1Cl.c1ccncc1. The summed E-state index contributed by atoms with van der Waals surface area (Å²) in [5.74, 6) is 0. The number of aromatic nitrogens is 1. The van der Waals surface area contributed by atoms with E-state index in [0.717, 1.165) is 0 Å². The van der Waals surface area contributed by atoms with E-state index in [1.807, 2.05) is 18.2 Å². The van der Waals surface area contributed by atoms with Crippen LogP contribution in [0.1, 0.15) is 0 Å². The molecule has 0 aliphatic carbocycles. The third-order valence-electron chi connectivity index (χ3n) is 1.47. The molecule has 1 nitrogen and oxygen atoms in total. The van der Waals surface area contributed by atoms with Crippen LogP contribution in [0.3, 0.4) is 0 Å². The quantitative estimate of drug-likeness (QED) is 0.624. The highest BCUT2D eigenvalue weighted by Crippen LogP contribution is 2.28. The highest BCUT2D eigenvalue weighted by Gasteiger charge is 1.98. The van der Waals surface area contributed by atoms with Crippen LogP contribution in [0.2, 0.25) is 15.1 Å². The molecular weight excluding hydrogens is 252 g/mol. The molecule has 0 N–H and O–H groups in total. The molecular formula is C11H8Cl3N. The summed E-state index contributed by atoms with van der Waals surface area (Å²) < 4.78 is 0. The minimum Gasteiger partial charge on any atom is -0.265 e. The van der Waals surface area contributed by atoms with Crippen LogP contribution in [0.4, 0.5) is 0 Å². The van der Waals surface area contributed by atoms with Crippen LogP contribution in [0.5, 0.6) is 0 Å². The van der Waals surface area contributed by atoms with Crippen molar-refractivity contribution in [2.24, 2.45) is 0 Å². The van der Waals surface area contributed by atoms with Crippen molar-refractivity contribution in [3.63, 3.8) is 0 Å². The van der Waals surface area contributed by atoms with Gasteiger partial charge in [-0.25, -0.2) is 0 Å². The van der Waals surface area contributed by atoms with Gasteiger partial charge in [0.1, 0.15) is 0 Å². The fourth-order valence-electron chi connectivity index (χ4n) is 0.790. The zero-order valence-electron chi connectivity index (χ0n) is 7.70. The van der Waals surface area contributed by atoms with E-state index in [9.17, 15) is 0 Å². The van der Waals surface area contributed by atoms with Gasteiger partial charge in [-0.1, -0.05) is 46.9 Å². The molecule has 15 heavy (non-hydrogen) atoms. The number of nitrogens with zero attached hydrogens (tertiary/aromatic N) is 1. The summed E-state index contributed by atoms with van der Waals surface area (Å²) in [7, 11) is 0. The molecule has 0 saturated carbocycles. The second-order valence-electron chi connectivity index (χ2n) is 2.56. The maximum absolute atomic E-state index is 5.61. The first-order valence-electron chi connectivity index (χ1n) is 4.16. The molecule has 0 unspecified atom stereocenters. The van der Waals surface area contributed by atoms with Gasteiger partial charge in [0.05, 0.1) is 15.1 Å². The van der Waals surface area contributed by atoms with Gasteiger partial charge in [0.2, 0.25) is 0 Å². The van der Waals surface area contributed by atoms with Gasteiger partial charge in [-0.15, -0.1) is 0 Å². The highest BCUT2D eigenvalue weighted by atomic mass is 35.5. The Bertz CT molecular complexity index is 357. The first kappa shape index (κ1) is 12.3. The molecule has 0 fully saturated rings. The van der Waals surface area contributed by atoms with E-state index in [1.165, 1.54) is 0 Å². The molecule has 2 rings (SSSR count). The predicted molar refractivity (Wildman–Crippen MR) is 65.7 cm³/mol. The molecule has 4 heteroatoms. The van der Waals surface area contributed by atoms with E-state index in [0.29, 0.717) is 15.1 Å². The maximum atomic E-state index is 5.61. The summed E-state index contributed by atoms with van der Waals surface area (Å²) in [6.45, 7) is 0. The molecule has 0 aliphatic rings. The molecule has 0 radical (unpaired) electrons. The second-order valence-corrected chi connectivity index (χ2v) is 3.75. The number of hydrogen-bond donors (Lipinski definition) is 0. The summed E-state index contributed by atoms with van der Waals surface area (Å²) >= 11 is 16.8. The summed E-state index contributed by atoms with van der Waals surface area (Å²) in [6.07, 6.45) is 3.50. The van der Waals surface area contributed by atoms with Crippen LogP contribution in [-0.2, 0) is 0 Å². The normalized spacial score (nSPS) is 9.00. The van der Waals surface area contributed by atoms with Crippen molar-refractivity contribution in [3.05, 3.63) is 63.9 Å². The van der Waals surface area contributed by atoms with E-state index in [1.54, 1.807) is 30.6 Å². The molecule has 0 aliphatic heterocycles. The van der Waals surface area contributed by atoms with Gasteiger partial charge in [0, 0.05) is 12.4 Å². The lowest BCUT2D eigenvalue weighted by molar-refractivity contribution is 1.33. The van der Waals surface area contributed by atoms with Gasteiger partial charge in [-0.05, 0) is 24.3 Å². The Kier molecular flexibility index (Phi) is 5.48. The Hall–Kier alpha value is -0.760. The molecule has 78 valence electrons. The molecule has 0 atom stereocenters. The lowest BCUT2D eigenvalue weighted by Crippen LogP contribution is -1.67. The third-order valence-corrected chi connectivity index (χ3v) is 2.70. The zero-order chi connectivity index (χ0) is 11.1. The summed E-state index contributed by atoms with van der Waals surface area (Å²) in [4.78, 5) is 3.78. The second kappa shape index (κ2) is 6.67. The molecule has 0 amide bonds. The lowest BCUT2D eigenvalue weighted by atomic mass is 10.4. The Morgan fingerprint density at radius 1 is 0.733 bits per heavy atom. The average molecular weight is 261 g/mol. The number of rotatable bonds is 0. The van der Waals surface area contributed by atoms with Gasteiger partial charge in [0.25, 0.3) is 0 Å². The van der Waals surface area contributed by atoms with E-state index in [4.69, 9.17) is 34.8 Å². The Labute approximate surface area is 104 Å². The molecule has 0 saturated heterocycles. The monoisotopic (exact) mass is 259 g/mol. The smallest absolute Gasteiger partial charge is 0.0778 e. The van der Waals surface area contributed by atoms with Crippen molar-refractivity contribution in [1.82, 2.24) is 4.98 Å². The first-order valence-corrected chi connectivity index (χ1v) is 5.29. The van der Waals surface area contributed by atoms with Gasteiger partial charge in [-0.2, -0.15) is 0 Å². The first-order chi connectivity index (χ1) is 7.22. The summed E-state index contributed by atoms with van der Waals surface area (Å²) in [6, 6.07) is 10.8. The fourth-order valence-corrected chi connectivity index (χ4v) is 1.31. The van der Waals surface area contributed by atoms with Crippen molar-refractivity contribution in [2.75, 3.05) is 0 Å². The Morgan fingerprint density at radius 3 is 1.53 bits per heavy atom. The van der Waals surface area contributed by atoms with Gasteiger partial charge < -0.3 is 0 Å². The van der Waals surface area contributed by atoms with Gasteiger partial charge >= 0.3 is 0 Å². The van der Waals surface area contributed by atoms with E-state index < -0.39 is 0 Å². The lowest BCUT2D eigenvalue weighted by Gasteiger charge is -1.94. The van der Waals surface area contributed by atoms with Gasteiger partial charge in [0.15, 0.2) is 0 Å². The fraction of sp³-hybridized carbons (Fsp3) is 0. The third kappa shape index (κ3) is 4.52. The number of pyridine rings is 1. The molecule has 1 aromatic heterocycles. The van der Waals surface area contributed by atoms with Crippen molar-refractivity contribution < 1.29 is 0 Å². The minimum absolute atomic E-state index is 0.417. The van der Waals surface area contributed by atoms with E-state index in [-0.39, 0.29) is 0 Å². The maximum Gasteiger partial charge on any atom is 0.0778 e. The van der Waals surface area contributed by atoms with Crippen LogP contribution in [0, 0.1) is 0 Å². The van der Waals surface area contributed by atoms with Crippen LogP contribution >= 0.6 is 34.8 Å². The van der Waals surface area contributed by atoms with Crippen LogP contribution in [-0.4, -0.2) is 4.98 Å². The molecule has 1 heterocycles. The molecule has 2 aromatic rings. The van der Waals surface area contributed by atoms with E-state index in [2.05, 4.69) is 4.98 Å². The predicted octanol–water partition coefficient (Wildman–Crippen LogP) is 4.73. The van der Waals surface area contributed by atoms with Crippen molar-refractivity contribution in [1.29, 1.82) is 0 Å². The topological polar surface area (TPSA) is 12.9 Å². The highest BCUT2D eigenvalue weighted by molar-refractivity contribution is 6.47. The Balaban J connectivity index is 0.000000162. The largest absolute Gasteiger partial charge is 0.265 e. The van der Waals surface area contributed by atoms with Gasteiger partial charge in [-0.3, -0.25) is 4.98 Å². The number of hydrogen-bond acceptors (Lipinski definition) is 1.